The van der Waals surface area contributed by atoms with Gasteiger partial charge in [0.2, 0.25) is 5.91 Å². The highest BCUT2D eigenvalue weighted by atomic mass is 19.1. The summed E-state index contributed by atoms with van der Waals surface area (Å²) < 4.78 is 32.2. The lowest BCUT2D eigenvalue weighted by Crippen LogP contribution is -2.47. The molecule has 4 aromatic rings. The molecule has 2 aromatic carbocycles. The van der Waals surface area contributed by atoms with Gasteiger partial charge in [0.25, 0.3) is 0 Å². The summed E-state index contributed by atoms with van der Waals surface area (Å²) >= 11 is 0. The predicted octanol–water partition coefficient (Wildman–Crippen LogP) is 5.63. The highest BCUT2D eigenvalue weighted by Crippen LogP contribution is 2.34. The molecule has 6 rings (SSSR count). The molecule has 0 bridgehead atoms. The van der Waals surface area contributed by atoms with E-state index in [0.29, 0.717) is 58.3 Å². The summed E-state index contributed by atoms with van der Waals surface area (Å²) in [6, 6.07) is 13.6. The third kappa shape index (κ3) is 8.90. The maximum atomic E-state index is 14.4. The fourth-order valence-electron chi connectivity index (χ4n) is 5.91. The molecule has 1 unspecified atom stereocenters. The first-order valence-electron chi connectivity index (χ1n) is 16.6. The average Bonchev–Trinajstić information content (AvgIpc) is 3.12. The van der Waals surface area contributed by atoms with Crippen molar-refractivity contribution in [3.63, 3.8) is 0 Å². The minimum Gasteiger partial charge on any atom is -0.491 e. The van der Waals surface area contributed by atoms with Gasteiger partial charge in [-0.25, -0.2) is 14.4 Å². The monoisotopic (exact) mass is 655 g/mol. The Labute approximate surface area is 280 Å². The lowest BCUT2D eigenvalue weighted by molar-refractivity contribution is -0.164. The quantitative estimate of drug-likeness (QED) is 0.131. The van der Waals surface area contributed by atoms with Crippen molar-refractivity contribution in [1.82, 2.24) is 24.8 Å². The zero-order valence-corrected chi connectivity index (χ0v) is 27.1. The zero-order chi connectivity index (χ0) is 33.1. The molecule has 0 radical (unpaired) electrons. The van der Waals surface area contributed by atoms with E-state index in [1.807, 2.05) is 0 Å². The van der Waals surface area contributed by atoms with Crippen LogP contribution in [-0.2, 0) is 14.3 Å². The number of hydrogen-bond donors (Lipinski definition) is 2. The van der Waals surface area contributed by atoms with Crippen molar-refractivity contribution < 1.29 is 23.4 Å². The molecule has 1 atom stereocenters. The lowest BCUT2D eigenvalue weighted by atomic mass is 10.1. The molecule has 48 heavy (non-hydrogen) atoms. The van der Waals surface area contributed by atoms with Gasteiger partial charge in [-0.2, -0.15) is 0 Å². The Morgan fingerprint density at radius 2 is 1.85 bits per heavy atom. The maximum absolute atomic E-state index is 14.4. The van der Waals surface area contributed by atoms with E-state index < -0.39 is 0 Å². The topological polar surface area (TPSA) is 114 Å². The third-order valence-electron chi connectivity index (χ3n) is 8.54. The molecule has 4 heterocycles. The standard InChI is InChI=1S/C36H42FN7O4/c1-2-34(45)42-32-23-28-31(39-25-40-36(28)41-26-11-12-38-30(22-26)27-8-3-4-9-29(27)37)24-33(32)46-20-7-13-43-14-16-44(17-15-43)18-21-48-35-10-5-6-19-47-35/h2-4,8-9,11-12,22-25,35H,1,5-7,10,13-21H2,(H,42,45)(H,38,39,40,41). The van der Waals surface area contributed by atoms with E-state index in [1.54, 1.807) is 48.7 Å². The molecular weight excluding hydrogens is 613 g/mol. The Kier molecular flexibility index (Phi) is 11.5. The van der Waals surface area contributed by atoms with Crippen molar-refractivity contribution in [2.24, 2.45) is 0 Å². The molecule has 2 aromatic heterocycles. The van der Waals surface area contributed by atoms with Gasteiger partial charge in [-0.05, 0) is 62.1 Å². The Balaban J connectivity index is 1.05. The normalized spacial score (nSPS) is 17.2. The first-order valence-corrected chi connectivity index (χ1v) is 16.6. The Bertz CT molecular complexity index is 1690. The highest BCUT2D eigenvalue weighted by Gasteiger charge is 2.19. The molecular formula is C36H42FN7O4. The summed E-state index contributed by atoms with van der Waals surface area (Å²) in [5.74, 6) is 0.317. The van der Waals surface area contributed by atoms with Crippen LogP contribution in [0.1, 0.15) is 25.7 Å². The minimum absolute atomic E-state index is 0.0339. The lowest BCUT2D eigenvalue weighted by Gasteiger charge is -2.35. The first kappa shape index (κ1) is 33.4. The molecule has 2 N–H and O–H groups in total. The molecule has 1 amide bonds. The minimum atomic E-state index is -0.358. The highest BCUT2D eigenvalue weighted by molar-refractivity contribution is 6.03. The smallest absolute Gasteiger partial charge is 0.247 e. The van der Waals surface area contributed by atoms with E-state index in [1.165, 1.54) is 24.9 Å². The second-order valence-electron chi connectivity index (χ2n) is 11.9. The Morgan fingerprint density at radius 3 is 2.65 bits per heavy atom. The largest absolute Gasteiger partial charge is 0.491 e. The van der Waals surface area contributed by atoms with Crippen LogP contribution in [0.4, 0.5) is 21.6 Å². The fraction of sp³-hybridized carbons (Fsp3) is 0.389. The number of rotatable bonds is 14. The number of piperazine rings is 1. The molecule has 2 saturated heterocycles. The average molecular weight is 656 g/mol. The summed E-state index contributed by atoms with van der Waals surface area (Å²) in [6.45, 7) is 11.4. The zero-order valence-electron chi connectivity index (χ0n) is 27.1. The maximum Gasteiger partial charge on any atom is 0.247 e. The summed E-state index contributed by atoms with van der Waals surface area (Å²) in [7, 11) is 0. The molecule has 2 aliphatic rings. The van der Waals surface area contributed by atoms with Crippen molar-refractivity contribution >= 4 is 34.0 Å². The van der Waals surface area contributed by atoms with Crippen molar-refractivity contribution in [3.8, 4) is 17.0 Å². The van der Waals surface area contributed by atoms with Crippen LogP contribution in [0.25, 0.3) is 22.2 Å². The molecule has 2 fully saturated rings. The van der Waals surface area contributed by atoms with Crippen molar-refractivity contribution in [2.75, 3.05) is 69.7 Å². The molecule has 0 aliphatic carbocycles. The summed E-state index contributed by atoms with van der Waals surface area (Å²) in [5, 5.41) is 6.83. The molecule has 252 valence electrons. The van der Waals surface area contributed by atoms with Gasteiger partial charge >= 0.3 is 0 Å². The van der Waals surface area contributed by atoms with Crippen molar-refractivity contribution in [1.29, 1.82) is 0 Å². The summed E-state index contributed by atoms with van der Waals surface area (Å²) in [4.78, 5) is 30.5. The number of ether oxygens (including phenoxy) is 3. The van der Waals surface area contributed by atoms with Crippen LogP contribution < -0.4 is 15.4 Å². The van der Waals surface area contributed by atoms with E-state index in [0.717, 1.165) is 65.1 Å². The fourth-order valence-corrected chi connectivity index (χ4v) is 5.91. The second-order valence-corrected chi connectivity index (χ2v) is 11.9. The number of pyridine rings is 1. The van der Waals surface area contributed by atoms with Crippen LogP contribution in [0.3, 0.4) is 0 Å². The van der Waals surface area contributed by atoms with Crippen LogP contribution in [0.2, 0.25) is 0 Å². The summed E-state index contributed by atoms with van der Waals surface area (Å²) in [5.41, 5.74) is 2.68. The third-order valence-corrected chi connectivity index (χ3v) is 8.54. The van der Waals surface area contributed by atoms with Gasteiger partial charge in [0, 0.05) is 74.8 Å². The number of aromatic nitrogens is 3. The van der Waals surface area contributed by atoms with Crippen molar-refractivity contribution in [2.45, 2.75) is 32.0 Å². The van der Waals surface area contributed by atoms with Crippen LogP contribution in [-0.4, -0.2) is 96.0 Å². The van der Waals surface area contributed by atoms with Crippen LogP contribution >= 0.6 is 0 Å². The first-order chi connectivity index (χ1) is 23.6. The second kappa shape index (κ2) is 16.6. The number of nitrogens with one attached hydrogen (secondary N) is 2. The Morgan fingerprint density at radius 1 is 1.02 bits per heavy atom. The summed E-state index contributed by atoms with van der Waals surface area (Å²) in [6.07, 6.45) is 8.39. The number of halogens is 1. The predicted molar refractivity (Wildman–Crippen MR) is 184 cm³/mol. The molecule has 12 heteroatoms. The number of hydrogen-bond acceptors (Lipinski definition) is 10. The molecule has 11 nitrogen and oxygen atoms in total. The van der Waals surface area contributed by atoms with Gasteiger partial charge in [0.05, 0.1) is 30.1 Å². The number of benzene rings is 2. The van der Waals surface area contributed by atoms with Crippen molar-refractivity contribution in [3.05, 3.63) is 79.5 Å². The van der Waals surface area contributed by atoms with Crippen LogP contribution in [0, 0.1) is 5.82 Å². The van der Waals surface area contributed by atoms with Gasteiger partial charge < -0.3 is 29.7 Å². The molecule has 0 spiro atoms. The number of amides is 1. The number of nitrogens with zero attached hydrogens (tertiary/aromatic N) is 5. The molecule has 0 saturated carbocycles. The van der Waals surface area contributed by atoms with Gasteiger partial charge in [0.1, 0.15) is 23.7 Å². The van der Waals surface area contributed by atoms with E-state index in [2.05, 4.69) is 42.0 Å². The van der Waals surface area contributed by atoms with Gasteiger partial charge in [0.15, 0.2) is 6.29 Å². The van der Waals surface area contributed by atoms with E-state index in [9.17, 15) is 9.18 Å². The van der Waals surface area contributed by atoms with E-state index >= 15 is 0 Å². The number of anilines is 3. The van der Waals surface area contributed by atoms with E-state index in [-0.39, 0.29) is 18.0 Å². The number of carbonyl (C=O) groups is 1. The Hall–Kier alpha value is -4.49. The van der Waals surface area contributed by atoms with Gasteiger partial charge in [-0.1, -0.05) is 18.7 Å². The van der Waals surface area contributed by atoms with Crippen LogP contribution in [0.15, 0.2) is 73.7 Å². The van der Waals surface area contributed by atoms with E-state index in [4.69, 9.17) is 14.2 Å². The van der Waals surface area contributed by atoms with Gasteiger partial charge in [-0.15, -0.1) is 0 Å². The number of fused-ring (bicyclic) bond motifs is 1. The number of carbonyl (C=O) groups excluding carboxylic acids is 1. The SMILES string of the molecule is C=CC(=O)Nc1cc2c(Nc3ccnc(-c4ccccc4F)c3)ncnc2cc1OCCCN1CCN(CCOC2CCCCO2)CC1. The van der Waals surface area contributed by atoms with Crippen LogP contribution in [0.5, 0.6) is 5.75 Å². The van der Waals surface area contributed by atoms with Gasteiger partial charge in [-0.3, -0.25) is 14.7 Å². The molecule has 2 aliphatic heterocycles.